The fourth-order valence-electron chi connectivity index (χ4n) is 6.02. The molecule has 1 aliphatic heterocycles. The molecule has 7 aromatic rings. The molecule has 0 bridgehead atoms. The predicted octanol–water partition coefficient (Wildman–Crippen LogP) is 6.74. The standard InChI is InChI=1S/C34H26N6O3/c1-20-28-29(22-16-17-26(41-2)27(18-22)42-3)30-32-36-31(25-15-9-11-21-10-7-8-14-24(21)25)38-39(32)19-35-33(30)43-34(28)40(37-20)23-12-5-4-6-13-23/h4-19,29H,1-3H3/t29-/m0/s1. The smallest absolute Gasteiger partial charge is 0.230 e. The van der Waals surface area contributed by atoms with Gasteiger partial charge in [-0.25, -0.2) is 19.2 Å². The van der Waals surface area contributed by atoms with E-state index in [0.29, 0.717) is 34.7 Å². The van der Waals surface area contributed by atoms with E-state index in [4.69, 9.17) is 34.4 Å². The summed E-state index contributed by atoms with van der Waals surface area (Å²) in [4.78, 5) is 9.87. The Hall–Kier alpha value is -5.70. The molecule has 1 aliphatic rings. The summed E-state index contributed by atoms with van der Waals surface area (Å²) in [5, 5.41) is 12.0. The number of para-hydroxylation sites is 1. The molecular weight excluding hydrogens is 540 g/mol. The van der Waals surface area contributed by atoms with Crippen LogP contribution in [0, 0.1) is 6.92 Å². The minimum absolute atomic E-state index is 0.322. The molecular formula is C34H26N6O3. The minimum atomic E-state index is -0.322. The molecule has 0 unspecified atom stereocenters. The Bertz CT molecular complexity index is 2160. The number of hydrogen-bond acceptors (Lipinski definition) is 7. The largest absolute Gasteiger partial charge is 0.493 e. The van der Waals surface area contributed by atoms with Crippen molar-refractivity contribution >= 4 is 16.4 Å². The van der Waals surface area contributed by atoms with Gasteiger partial charge >= 0.3 is 0 Å². The lowest BCUT2D eigenvalue weighted by molar-refractivity contribution is 0.354. The lowest BCUT2D eigenvalue weighted by Gasteiger charge is -2.26. The van der Waals surface area contributed by atoms with Crippen LogP contribution >= 0.6 is 0 Å². The Labute approximate surface area is 246 Å². The van der Waals surface area contributed by atoms with Crippen molar-refractivity contribution in [2.75, 3.05) is 14.2 Å². The third kappa shape index (κ3) is 3.85. The highest BCUT2D eigenvalue weighted by Crippen LogP contribution is 2.50. The van der Waals surface area contributed by atoms with Crippen molar-refractivity contribution in [3.05, 3.63) is 120 Å². The van der Waals surface area contributed by atoms with Gasteiger partial charge in [0, 0.05) is 5.56 Å². The van der Waals surface area contributed by atoms with Crippen LogP contribution in [0.3, 0.4) is 0 Å². The maximum atomic E-state index is 6.58. The first-order chi connectivity index (χ1) is 21.1. The summed E-state index contributed by atoms with van der Waals surface area (Å²) in [5.41, 5.74) is 6.02. The number of benzene rings is 4. The molecule has 9 heteroatoms. The third-order valence-electron chi connectivity index (χ3n) is 7.99. The number of nitrogens with zero attached hydrogens (tertiary/aromatic N) is 6. The van der Waals surface area contributed by atoms with E-state index in [-0.39, 0.29) is 5.92 Å². The van der Waals surface area contributed by atoms with E-state index in [0.717, 1.165) is 44.4 Å². The number of ether oxygens (including phenoxy) is 3. The van der Waals surface area contributed by atoms with Crippen LogP contribution in [0.1, 0.15) is 28.3 Å². The van der Waals surface area contributed by atoms with Crippen LogP contribution in [0.15, 0.2) is 97.3 Å². The van der Waals surface area contributed by atoms with Gasteiger partial charge in [0.15, 0.2) is 23.0 Å². The van der Waals surface area contributed by atoms with Crippen LogP contribution in [0.25, 0.3) is 33.5 Å². The Balaban J connectivity index is 1.39. The zero-order valence-electron chi connectivity index (χ0n) is 23.7. The van der Waals surface area contributed by atoms with Crippen LogP contribution in [-0.4, -0.2) is 43.6 Å². The summed E-state index contributed by atoms with van der Waals surface area (Å²) in [6.07, 6.45) is 1.66. The molecule has 0 saturated heterocycles. The maximum Gasteiger partial charge on any atom is 0.230 e. The van der Waals surface area contributed by atoms with Crippen LogP contribution in [0.4, 0.5) is 0 Å². The second-order valence-corrected chi connectivity index (χ2v) is 10.4. The predicted molar refractivity (Wildman–Crippen MR) is 163 cm³/mol. The van der Waals surface area contributed by atoms with E-state index in [1.54, 1.807) is 25.1 Å². The summed E-state index contributed by atoms with van der Waals surface area (Å²) < 4.78 is 21.4. The number of rotatable bonds is 5. The van der Waals surface area contributed by atoms with E-state index in [1.165, 1.54) is 0 Å². The first-order valence-electron chi connectivity index (χ1n) is 13.9. The van der Waals surface area contributed by atoms with E-state index >= 15 is 0 Å². The number of fused-ring (bicyclic) bond motifs is 5. The van der Waals surface area contributed by atoms with Crippen molar-refractivity contribution in [1.29, 1.82) is 0 Å². The molecule has 3 aromatic heterocycles. The molecule has 8 rings (SSSR count). The van der Waals surface area contributed by atoms with Gasteiger partial charge in [0.25, 0.3) is 0 Å². The monoisotopic (exact) mass is 566 g/mol. The van der Waals surface area contributed by atoms with Crippen LogP contribution in [0.5, 0.6) is 23.3 Å². The first-order valence-corrected chi connectivity index (χ1v) is 13.9. The van der Waals surface area contributed by atoms with E-state index in [9.17, 15) is 0 Å². The number of aromatic nitrogens is 6. The van der Waals surface area contributed by atoms with Crippen molar-refractivity contribution in [2.24, 2.45) is 0 Å². The second-order valence-electron chi connectivity index (χ2n) is 10.4. The summed E-state index contributed by atoms with van der Waals surface area (Å²) in [5.74, 6) is 2.63. The van der Waals surface area contributed by atoms with Gasteiger partial charge in [0.2, 0.25) is 11.8 Å². The lowest BCUT2D eigenvalue weighted by Crippen LogP contribution is -2.16. The van der Waals surface area contributed by atoms with Crippen molar-refractivity contribution in [3.8, 4) is 40.3 Å². The van der Waals surface area contributed by atoms with Gasteiger partial charge in [-0.15, -0.1) is 5.10 Å². The van der Waals surface area contributed by atoms with Gasteiger partial charge in [-0.2, -0.15) is 5.10 Å². The number of aryl methyl sites for hydroxylation is 1. The van der Waals surface area contributed by atoms with Crippen LogP contribution < -0.4 is 14.2 Å². The highest BCUT2D eigenvalue weighted by molar-refractivity contribution is 5.95. The molecule has 0 N–H and O–H groups in total. The maximum absolute atomic E-state index is 6.58. The summed E-state index contributed by atoms with van der Waals surface area (Å²) in [6, 6.07) is 30.3. The number of hydrogen-bond donors (Lipinski definition) is 0. The van der Waals surface area contributed by atoms with Crippen molar-refractivity contribution in [2.45, 2.75) is 12.8 Å². The molecule has 0 fully saturated rings. The SMILES string of the molecule is COc1ccc([C@H]2c3c(C)nn(-c4ccccc4)c3Oc3ncn4nc(-c5cccc6ccccc56)nc4c32)cc1OC. The molecule has 0 radical (unpaired) electrons. The first kappa shape index (κ1) is 25.0. The minimum Gasteiger partial charge on any atom is -0.493 e. The summed E-state index contributed by atoms with van der Waals surface area (Å²) in [6.45, 7) is 2.00. The molecule has 1 atom stereocenters. The average Bonchev–Trinajstić information content (AvgIpc) is 3.64. The van der Waals surface area contributed by atoms with Gasteiger partial charge in [-0.3, -0.25) is 0 Å². The Morgan fingerprint density at radius 2 is 1.58 bits per heavy atom. The fraction of sp³-hybridized carbons (Fsp3) is 0.118. The number of methoxy groups -OCH3 is 2. The highest BCUT2D eigenvalue weighted by atomic mass is 16.5. The molecule has 0 saturated carbocycles. The van der Waals surface area contributed by atoms with E-state index in [2.05, 4.69) is 18.2 Å². The summed E-state index contributed by atoms with van der Waals surface area (Å²) >= 11 is 0. The molecule has 4 aromatic carbocycles. The third-order valence-corrected chi connectivity index (χ3v) is 7.99. The fourth-order valence-corrected chi connectivity index (χ4v) is 6.02. The van der Waals surface area contributed by atoms with Gasteiger partial charge in [-0.05, 0) is 47.5 Å². The molecule has 0 spiro atoms. The van der Waals surface area contributed by atoms with Gasteiger partial charge in [-0.1, -0.05) is 66.7 Å². The van der Waals surface area contributed by atoms with Gasteiger partial charge in [0.1, 0.15) is 6.33 Å². The van der Waals surface area contributed by atoms with E-state index in [1.807, 2.05) is 84.4 Å². The molecule has 4 heterocycles. The van der Waals surface area contributed by atoms with Crippen molar-refractivity contribution < 1.29 is 14.2 Å². The highest BCUT2D eigenvalue weighted by Gasteiger charge is 2.38. The molecule has 9 nitrogen and oxygen atoms in total. The lowest BCUT2D eigenvalue weighted by atomic mass is 9.84. The van der Waals surface area contributed by atoms with E-state index < -0.39 is 0 Å². The Morgan fingerprint density at radius 3 is 2.42 bits per heavy atom. The molecule has 210 valence electrons. The molecule has 0 amide bonds. The Morgan fingerprint density at radius 1 is 0.791 bits per heavy atom. The van der Waals surface area contributed by atoms with Gasteiger partial charge < -0.3 is 14.2 Å². The van der Waals surface area contributed by atoms with Crippen molar-refractivity contribution in [1.82, 2.24) is 29.4 Å². The zero-order chi connectivity index (χ0) is 29.1. The second kappa shape index (κ2) is 9.70. The quantitative estimate of drug-likeness (QED) is 0.228. The molecule has 0 aliphatic carbocycles. The zero-order valence-corrected chi connectivity index (χ0v) is 23.7. The summed E-state index contributed by atoms with van der Waals surface area (Å²) in [7, 11) is 3.27. The van der Waals surface area contributed by atoms with Crippen LogP contribution in [0.2, 0.25) is 0 Å². The average molecular weight is 567 g/mol. The topological polar surface area (TPSA) is 88.6 Å². The van der Waals surface area contributed by atoms with Crippen molar-refractivity contribution in [3.63, 3.8) is 0 Å². The molecule has 43 heavy (non-hydrogen) atoms. The van der Waals surface area contributed by atoms with Gasteiger partial charge in [0.05, 0.1) is 42.6 Å². The van der Waals surface area contributed by atoms with Crippen LogP contribution in [-0.2, 0) is 0 Å². The normalized spacial score (nSPS) is 13.9. The Kier molecular flexibility index (Phi) is 5.65.